The Morgan fingerprint density at radius 3 is 2.44 bits per heavy atom. The molecule has 0 aliphatic carbocycles. The average molecular weight is 517 g/mol. The van der Waals surface area contributed by atoms with Gasteiger partial charge in [0.1, 0.15) is 17.9 Å². The standard InChI is InChI=1S/C28H18Cl2N2O4/c29-19-8-5-6-17(14-19)16-36-25-13-12-18-7-1-2-9-20(18)21(25)15-22-26(33)31-28(35)32(27(22)34)24-11-4-3-10-23(24)30/h1-15H,16H2,(H,31,33,35)/b22-15+. The van der Waals surface area contributed by atoms with Crippen LogP contribution in [-0.4, -0.2) is 17.8 Å². The zero-order chi connectivity index (χ0) is 25.2. The number of nitrogens with zero attached hydrogens (tertiary/aromatic N) is 1. The Hall–Kier alpha value is -4.13. The van der Waals surface area contributed by atoms with Gasteiger partial charge in [-0.1, -0.05) is 77.8 Å². The molecule has 6 nitrogen and oxygen atoms in total. The first-order chi connectivity index (χ1) is 17.4. The van der Waals surface area contributed by atoms with Crippen LogP contribution in [0.1, 0.15) is 11.1 Å². The molecule has 36 heavy (non-hydrogen) atoms. The largest absolute Gasteiger partial charge is 0.488 e. The quantitative estimate of drug-likeness (QED) is 0.246. The molecule has 1 aliphatic rings. The second-order valence-corrected chi connectivity index (χ2v) is 8.87. The van der Waals surface area contributed by atoms with Crippen LogP contribution < -0.4 is 15.0 Å². The molecule has 1 fully saturated rings. The summed E-state index contributed by atoms with van der Waals surface area (Å²) in [7, 11) is 0. The Kier molecular flexibility index (Phi) is 6.46. The van der Waals surface area contributed by atoms with Crippen molar-refractivity contribution >= 4 is 63.6 Å². The molecule has 0 unspecified atom stereocenters. The molecule has 0 aromatic heterocycles. The number of nitrogens with one attached hydrogen (secondary N) is 1. The predicted octanol–water partition coefficient (Wildman–Crippen LogP) is 6.39. The lowest BCUT2D eigenvalue weighted by atomic mass is 9.99. The molecular weight excluding hydrogens is 499 g/mol. The van der Waals surface area contributed by atoms with Gasteiger partial charge in [0, 0.05) is 10.6 Å². The molecule has 4 aromatic carbocycles. The number of rotatable bonds is 5. The lowest BCUT2D eigenvalue weighted by Crippen LogP contribution is -2.54. The number of hydrogen-bond donors (Lipinski definition) is 1. The number of barbiturate groups is 1. The van der Waals surface area contributed by atoms with Crippen molar-refractivity contribution in [2.45, 2.75) is 6.61 Å². The zero-order valence-electron chi connectivity index (χ0n) is 18.7. The van der Waals surface area contributed by atoms with Gasteiger partial charge in [-0.3, -0.25) is 14.9 Å². The van der Waals surface area contributed by atoms with Gasteiger partial charge in [0.15, 0.2) is 0 Å². The van der Waals surface area contributed by atoms with E-state index in [9.17, 15) is 14.4 Å². The summed E-state index contributed by atoms with van der Waals surface area (Å²) in [6, 6.07) is 24.0. The first-order valence-electron chi connectivity index (χ1n) is 11.0. The van der Waals surface area contributed by atoms with Crippen LogP contribution in [0.5, 0.6) is 5.75 Å². The third kappa shape index (κ3) is 4.56. The van der Waals surface area contributed by atoms with E-state index in [1.54, 1.807) is 36.4 Å². The van der Waals surface area contributed by atoms with Crippen LogP contribution in [0.2, 0.25) is 10.0 Å². The molecule has 0 bridgehead atoms. The molecule has 1 saturated heterocycles. The predicted molar refractivity (Wildman–Crippen MR) is 140 cm³/mol. The Bertz CT molecular complexity index is 1560. The van der Waals surface area contributed by atoms with Crippen molar-refractivity contribution in [3.05, 3.63) is 112 Å². The van der Waals surface area contributed by atoms with Gasteiger partial charge in [-0.05, 0) is 52.7 Å². The molecule has 1 N–H and O–H groups in total. The number of imide groups is 2. The molecular formula is C28H18Cl2N2O4. The second-order valence-electron chi connectivity index (χ2n) is 8.03. The van der Waals surface area contributed by atoms with Crippen LogP contribution in [0.25, 0.3) is 16.8 Å². The summed E-state index contributed by atoms with van der Waals surface area (Å²) in [4.78, 5) is 39.7. The first-order valence-corrected chi connectivity index (χ1v) is 11.7. The van der Waals surface area contributed by atoms with E-state index >= 15 is 0 Å². The lowest BCUT2D eigenvalue weighted by molar-refractivity contribution is -0.122. The number of amides is 4. The summed E-state index contributed by atoms with van der Waals surface area (Å²) in [6.45, 7) is 0.222. The van der Waals surface area contributed by atoms with E-state index < -0.39 is 17.8 Å². The molecule has 4 aromatic rings. The summed E-state index contributed by atoms with van der Waals surface area (Å²) in [5, 5.41) is 4.68. The molecule has 178 valence electrons. The lowest BCUT2D eigenvalue weighted by Gasteiger charge is -2.27. The minimum atomic E-state index is -0.870. The van der Waals surface area contributed by atoms with E-state index in [2.05, 4.69) is 5.32 Å². The summed E-state index contributed by atoms with van der Waals surface area (Å²) in [6.07, 6.45) is 1.45. The van der Waals surface area contributed by atoms with E-state index in [-0.39, 0.29) is 22.9 Å². The van der Waals surface area contributed by atoms with Gasteiger partial charge in [0.05, 0.1) is 10.7 Å². The maximum atomic E-state index is 13.4. The minimum absolute atomic E-state index is 0.176. The first kappa shape index (κ1) is 23.6. The number of anilines is 1. The van der Waals surface area contributed by atoms with Gasteiger partial charge in [-0.15, -0.1) is 0 Å². The highest BCUT2D eigenvalue weighted by Gasteiger charge is 2.38. The Labute approximate surface area is 216 Å². The fraction of sp³-hybridized carbons (Fsp3) is 0.0357. The highest BCUT2D eigenvalue weighted by Crippen LogP contribution is 2.33. The van der Waals surface area contributed by atoms with Crippen molar-refractivity contribution in [1.82, 2.24) is 5.32 Å². The number of benzene rings is 4. The average Bonchev–Trinajstić information content (AvgIpc) is 2.86. The van der Waals surface area contributed by atoms with Crippen molar-refractivity contribution in [3.8, 4) is 5.75 Å². The highest BCUT2D eigenvalue weighted by atomic mass is 35.5. The molecule has 0 spiro atoms. The van der Waals surface area contributed by atoms with E-state index in [1.165, 1.54) is 12.1 Å². The van der Waals surface area contributed by atoms with Crippen LogP contribution in [0.3, 0.4) is 0 Å². The molecule has 5 rings (SSSR count). The number of fused-ring (bicyclic) bond motifs is 1. The monoisotopic (exact) mass is 516 g/mol. The van der Waals surface area contributed by atoms with Crippen molar-refractivity contribution < 1.29 is 19.1 Å². The molecule has 0 radical (unpaired) electrons. The molecule has 0 saturated carbocycles. The van der Waals surface area contributed by atoms with Crippen LogP contribution in [0.4, 0.5) is 10.5 Å². The Morgan fingerprint density at radius 2 is 1.64 bits per heavy atom. The fourth-order valence-corrected chi connectivity index (χ4v) is 4.42. The van der Waals surface area contributed by atoms with Crippen molar-refractivity contribution in [1.29, 1.82) is 0 Å². The third-order valence-corrected chi connectivity index (χ3v) is 6.25. The fourth-order valence-electron chi connectivity index (χ4n) is 3.99. The summed E-state index contributed by atoms with van der Waals surface area (Å²) in [5.74, 6) is -1.13. The SMILES string of the molecule is O=C1NC(=O)N(c2ccccc2Cl)C(=O)/C1=C/c1c(OCc2cccc(Cl)c2)ccc2ccccc12. The smallest absolute Gasteiger partial charge is 0.335 e. The molecule has 4 amide bonds. The van der Waals surface area contributed by atoms with Gasteiger partial charge in [0.2, 0.25) is 0 Å². The maximum absolute atomic E-state index is 13.4. The Morgan fingerprint density at radius 1 is 0.861 bits per heavy atom. The number of para-hydroxylation sites is 1. The topological polar surface area (TPSA) is 75.7 Å². The number of carbonyl (C=O) groups is 3. The molecule has 0 atom stereocenters. The normalized spacial score (nSPS) is 14.9. The van der Waals surface area contributed by atoms with Gasteiger partial charge in [-0.2, -0.15) is 0 Å². The highest BCUT2D eigenvalue weighted by molar-refractivity contribution is 6.42. The van der Waals surface area contributed by atoms with Gasteiger partial charge < -0.3 is 4.74 Å². The van der Waals surface area contributed by atoms with E-state index in [0.29, 0.717) is 16.3 Å². The zero-order valence-corrected chi connectivity index (χ0v) is 20.2. The second kappa shape index (κ2) is 9.85. The summed E-state index contributed by atoms with van der Waals surface area (Å²) >= 11 is 12.3. The van der Waals surface area contributed by atoms with Gasteiger partial charge in [-0.25, -0.2) is 9.69 Å². The van der Waals surface area contributed by atoms with Crippen molar-refractivity contribution in [2.24, 2.45) is 0 Å². The van der Waals surface area contributed by atoms with Crippen molar-refractivity contribution in [3.63, 3.8) is 0 Å². The van der Waals surface area contributed by atoms with Gasteiger partial charge >= 0.3 is 6.03 Å². The van der Waals surface area contributed by atoms with Crippen LogP contribution >= 0.6 is 23.2 Å². The number of carbonyl (C=O) groups excluding carboxylic acids is 3. The van der Waals surface area contributed by atoms with Crippen LogP contribution in [0.15, 0.2) is 90.5 Å². The third-order valence-electron chi connectivity index (χ3n) is 5.70. The summed E-state index contributed by atoms with van der Waals surface area (Å²) < 4.78 is 6.10. The van der Waals surface area contributed by atoms with Crippen molar-refractivity contribution in [2.75, 3.05) is 4.90 Å². The van der Waals surface area contributed by atoms with Crippen LogP contribution in [-0.2, 0) is 16.2 Å². The molecule has 1 aliphatic heterocycles. The van der Waals surface area contributed by atoms with Crippen LogP contribution in [0, 0.1) is 0 Å². The van der Waals surface area contributed by atoms with E-state index in [1.807, 2.05) is 42.5 Å². The number of urea groups is 1. The number of hydrogen-bond acceptors (Lipinski definition) is 4. The van der Waals surface area contributed by atoms with E-state index in [4.69, 9.17) is 27.9 Å². The molecule has 8 heteroatoms. The maximum Gasteiger partial charge on any atom is 0.335 e. The van der Waals surface area contributed by atoms with Gasteiger partial charge in [0.25, 0.3) is 11.8 Å². The van der Waals surface area contributed by atoms with E-state index in [0.717, 1.165) is 21.2 Å². The number of halogens is 2. The number of ether oxygens (including phenoxy) is 1. The molecule has 1 heterocycles. The minimum Gasteiger partial charge on any atom is -0.488 e. The Balaban J connectivity index is 1.59. The summed E-state index contributed by atoms with van der Waals surface area (Å²) in [5.41, 5.74) is 1.34.